The average Bonchev–Trinajstić information content (AvgIpc) is 1.67. The number of carboxylic acid groups (broad SMARTS) is 1. The van der Waals surface area contributed by atoms with E-state index in [0.29, 0.717) is 101 Å². The van der Waals surface area contributed by atoms with Gasteiger partial charge in [-0.2, -0.15) is 10.1 Å². The highest BCUT2D eigenvalue weighted by molar-refractivity contribution is 7.91. The third-order valence-electron chi connectivity index (χ3n) is 24.1. The number of rotatable bonds is 31. The Morgan fingerprint density at radius 2 is 1.00 bits per heavy atom. The smallest absolute Gasteiger partial charge is 0.335 e. The topological polar surface area (TPSA) is 356 Å². The lowest BCUT2D eigenvalue weighted by Gasteiger charge is -2.62. The van der Waals surface area contributed by atoms with E-state index < -0.39 is 85.9 Å². The fourth-order valence-electron chi connectivity index (χ4n) is 18.2. The van der Waals surface area contributed by atoms with Crippen LogP contribution in [0.3, 0.4) is 0 Å². The second-order valence-corrected chi connectivity index (χ2v) is 38.6. The van der Waals surface area contributed by atoms with E-state index in [1.807, 2.05) is 138 Å². The number of nitrogens with two attached hydrogens (primary N) is 1. The summed E-state index contributed by atoms with van der Waals surface area (Å²) in [6.45, 7) is 22.0. The van der Waals surface area contributed by atoms with Gasteiger partial charge in [0.1, 0.15) is 55.5 Å². The van der Waals surface area contributed by atoms with Crippen molar-refractivity contribution < 1.29 is 80.7 Å². The summed E-state index contributed by atoms with van der Waals surface area (Å²) in [4.78, 5) is 74.1. The highest BCUT2D eigenvalue weighted by atomic mass is 32.2. The van der Waals surface area contributed by atoms with E-state index in [2.05, 4.69) is 57.5 Å². The number of fused-ring (bicyclic) bond motifs is 4. The van der Waals surface area contributed by atoms with Crippen molar-refractivity contribution in [3.63, 3.8) is 0 Å². The highest BCUT2D eigenvalue weighted by Crippen LogP contribution is 2.62. The number of nitrogens with one attached hydrogen (secondary N) is 3. The molecule has 0 radical (unpaired) electrons. The zero-order chi connectivity index (χ0) is 82.4. The molecular weight excluding hydrogens is 1460 g/mol. The van der Waals surface area contributed by atoms with Crippen LogP contribution in [0.1, 0.15) is 127 Å². The number of hydrogen-bond donors (Lipinski definition) is 9. The standard InChI is InChI=1S/C41H63N5O8S.C35H49N3O7.C6H16N2O2S/c1-11-53-38-26(20-46-37(36(25(3)48)35(22-47)54-46)40(50)43-34-19-29-18-33(24(34)2)41(29,4)5)13-12-14-32(38)27-15-28(17-31(16-27)45(8)9)39(49)42-30(21-44(6)7)23-55(10,51)52;1-8-44-32-21(10-9-11-26(32)22-12-23(34(42)43)14-25(13-22)37(6)7)17-38-31(30(20(3)40)29(18-39)45-38)33(41)36-28-16-24-15-27(19(28)2)35(24,4)5;1-8(2)4-6(7)5-11(3,9)10/h12-17,24-25,29-30,33-37,47-48H,11,18-23H2,1-10H3,(H,42,49)(H,43,50);9-14,19-20,24,27-31,39-40H,8,15-18H2,1-7H3,(H,36,41)(H,42,43);6H,4-5,7H2,1-3H3/t24-,25-,29+,30+,33-,34-,35-,36+,37-;19-,20-,24+,27-,28-,29-,30+,31-;6-/m001/s1. The maximum Gasteiger partial charge on any atom is 0.335 e. The van der Waals surface area contributed by atoms with Gasteiger partial charge in [-0.05, 0) is 175 Å². The van der Waals surface area contributed by atoms with Gasteiger partial charge in [0.2, 0.25) is 11.8 Å². The van der Waals surface area contributed by atoms with Crippen LogP contribution in [0.2, 0.25) is 0 Å². The van der Waals surface area contributed by atoms with Gasteiger partial charge in [0, 0.05) is 123 Å². The summed E-state index contributed by atoms with van der Waals surface area (Å²) in [6, 6.07) is 19.4. The van der Waals surface area contributed by atoms with E-state index in [4.69, 9.17) is 24.9 Å². The number of anilines is 2. The number of nitrogens with zero attached hydrogens (tertiary/aromatic N) is 6. The fraction of sp³-hybridized carbons (Fsp3) is 0.659. The van der Waals surface area contributed by atoms with Gasteiger partial charge in [-0.15, -0.1) is 0 Å². The molecule has 620 valence electrons. The molecule has 29 heteroatoms. The molecule has 3 amide bonds. The molecule has 4 aromatic carbocycles. The number of hydroxylamine groups is 4. The summed E-state index contributed by atoms with van der Waals surface area (Å²) in [5.74, 6) is 0.614. The molecule has 6 saturated carbocycles. The first-order chi connectivity index (χ1) is 51.8. The molecule has 4 aromatic rings. The van der Waals surface area contributed by atoms with E-state index in [1.54, 1.807) is 48.2 Å². The number of amides is 3. The predicted molar refractivity (Wildman–Crippen MR) is 433 cm³/mol. The van der Waals surface area contributed by atoms with Crippen molar-refractivity contribution in [1.29, 1.82) is 0 Å². The van der Waals surface area contributed by atoms with Crippen LogP contribution in [0, 0.1) is 58.2 Å². The zero-order valence-corrected chi connectivity index (χ0v) is 70.6. The Balaban J connectivity index is 0.000000249. The largest absolute Gasteiger partial charge is 0.493 e. The van der Waals surface area contributed by atoms with Crippen LogP contribution in [-0.2, 0) is 52.0 Å². The minimum Gasteiger partial charge on any atom is -0.493 e. The number of ether oxygens (including phenoxy) is 2. The highest BCUT2D eigenvalue weighted by Gasteiger charge is 2.59. The number of aliphatic hydroxyl groups excluding tert-OH is 4. The van der Waals surface area contributed by atoms with Crippen LogP contribution >= 0.6 is 0 Å². The Morgan fingerprint density at radius 3 is 1.33 bits per heavy atom. The van der Waals surface area contributed by atoms with Crippen LogP contribution < -0.4 is 41.0 Å². The summed E-state index contributed by atoms with van der Waals surface area (Å²) >= 11 is 0. The second kappa shape index (κ2) is 37.4. The lowest BCUT2D eigenvalue weighted by molar-refractivity contribution is -0.183. The van der Waals surface area contributed by atoms with Crippen LogP contribution in [0.25, 0.3) is 22.3 Å². The molecule has 0 spiro atoms. The maximum absolute atomic E-state index is 14.3. The van der Waals surface area contributed by atoms with E-state index in [-0.39, 0.29) is 84.1 Å². The summed E-state index contributed by atoms with van der Waals surface area (Å²) < 4.78 is 58.4. The lowest BCUT2D eigenvalue weighted by atomic mass is 9.45. The molecule has 2 heterocycles. The van der Waals surface area contributed by atoms with Crippen molar-refractivity contribution in [3.8, 4) is 33.8 Å². The van der Waals surface area contributed by atoms with Gasteiger partial charge < -0.3 is 76.3 Å². The molecule has 0 unspecified atom stereocenters. The van der Waals surface area contributed by atoms with Crippen LogP contribution in [0.4, 0.5) is 11.4 Å². The zero-order valence-electron chi connectivity index (χ0n) is 68.9. The Morgan fingerprint density at radius 1 is 0.604 bits per heavy atom. The third kappa shape index (κ3) is 21.7. The number of para-hydroxylation sites is 2. The number of hydrogen-bond acceptors (Lipinski definition) is 23. The molecule has 8 fully saturated rings. The maximum atomic E-state index is 14.3. The Labute approximate surface area is 659 Å². The first-order valence-electron chi connectivity index (χ1n) is 39.0. The number of carbonyl (C=O) groups is 4. The third-order valence-corrected chi connectivity index (χ3v) is 26.1. The molecule has 2 aliphatic heterocycles. The van der Waals surface area contributed by atoms with Crippen LogP contribution in [0.5, 0.6) is 11.5 Å². The number of carboxylic acids is 1. The molecule has 4 bridgehead atoms. The van der Waals surface area contributed by atoms with Gasteiger partial charge in [-0.3, -0.25) is 24.1 Å². The molecule has 12 rings (SSSR count). The first kappa shape index (κ1) is 90.0. The summed E-state index contributed by atoms with van der Waals surface area (Å²) in [6.07, 6.45) is 3.18. The number of benzene rings is 4. The molecule has 27 nitrogen and oxygen atoms in total. The molecule has 111 heavy (non-hydrogen) atoms. The fourth-order valence-corrected chi connectivity index (χ4v) is 20.0. The molecule has 18 atom stereocenters. The van der Waals surface area contributed by atoms with E-state index >= 15 is 0 Å². The minimum atomic E-state index is -3.37. The SMILES string of the molecule is CCOc1c(CN2O[C@@H](CO)[C@@H]([C@H](C)O)[C@H]2C(=O)N[C@H]2C[C@H]3C[C@@H]([C@@H]2C)C3(C)C)cccc1-c1cc(C(=O)N[C@H](CN(C)C)CS(C)(=O)=O)cc(N(C)C)c1.CCOc1c(CN2O[C@@H](CO)[C@@H]([C@H](C)O)[C@H]2C(=O)N[C@H]2C[C@H]3C[C@@H]([C@@H]2C)C3(C)C)cccc1-c1cc(C(=O)O)cc(N(C)C)c1.CN(C)C[C@@H](N)CS(C)(=O)=O. The molecule has 0 aromatic heterocycles. The lowest BCUT2D eigenvalue weighted by Crippen LogP contribution is -2.62. The summed E-state index contributed by atoms with van der Waals surface area (Å²) in [5.41, 5.74) is 12.4. The Kier molecular flexibility index (Phi) is 30.3. The number of sulfone groups is 2. The summed E-state index contributed by atoms with van der Waals surface area (Å²) in [5, 5.41) is 64.9. The molecule has 6 aliphatic carbocycles. The van der Waals surface area contributed by atoms with Crippen molar-refractivity contribution in [3.05, 3.63) is 95.1 Å². The molecule has 8 aliphatic rings. The quantitative estimate of drug-likeness (QED) is 0.0268. The minimum absolute atomic E-state index is 0.0103. The van der Waals surface area contributed by atoms with Crippen molar-refractivity contribution >= 4 is 54.7 Å². The van der Waals surface area contributed by atoms with Crippen molar-refractivity contribution in [2.45, 2.75) is 169 Å². The van der Waals surface area contributed by atoms with Crippen molar-refractivity contribution in [2.75, 3.05) is 130 Å². The van der Waals surface area contributed by atoms with Gasteiger partial charge in [-0.1, -0.05) is 77.9 Å². The van der Waals surface area contributed by atoms with Gasteiger partial charge in [0.05, 0.1) is 74.8 Å². The van der Waals surface area contributed by atoms with Gasteiger partial charge in [0.15, 0.2) is 0 Å². The van der Waals surface area contributed by atoms with E-state index in [1.165, 1.54) is 19.1 Å². The number of likely N-dealkylation sites (N-methyl/N-ethyl adjacent to an activating group) is 2. The van der Waals surface area contributed by atoms with Crippen molar-refractivity contribution in [1.82, 2.24) is 35.9 Å². The number of aromatic carboxylic acids is 1. The van der Waals surface area contributed by atoms with Crippen molar-refractivity contribution in [2.24, 2.45) is 63.9 Å². The predicted octanol–water partition coefficient (Wildman–Crippen LogP) is 6.28. The first-order valence-corrected chi connectivity index (χ1v) is 43.1. The average molecular weight is 1590 g/mol. The Hall–Kier alpha value is -6.58. The monoisotopic (exact) mass is 1590 g/mol. The molecular formula is C82H128N10O17S2. The van der Waals surface area contributed by atoms with Crippen LogP contribution in [0.15, 0.2) is 72.8 Å². The summed E-state index contributed by atoms with van der Waals surface area (Å²) in [7, 11) is 8.55. The van der Waals surface area contributed by atoms with Gasteiger partial charge in [-0.25, -0.2) is 21.6 Å². The number of aliphatic hydroxyl groups is 4. The van der Waals surface area contributed by atoms with Crippen LogP contribution in [-0.4, -0.2) is 267 Å². The Bertz CT molecular complexity index is 4100. The van der Waals surface area contributed by atoms with Gasteiger partial charge in [0.25, 0.3) is 5.91 Å². The van der Waals surface area contributed by atoms with E-state index in [9.17, 15) is 61.5 Å². The van der Waals surface area contributed by atoms with E-state index in [0.717, 1.165) is 41.6 Å². The molecule has 2 saturated heterocycles. The second-order valence-electron chi connectivity index (χ2n) is 34.2. The molecule has 10 N–H and O–H groups in total. The van der Waals surface area contributed by atoms with Gasteiger partial charge >= 0.3 is 5.97 Å². The number of carbonyl (C=O) groups excluding carboxylic acids is 3. The normalized spacial score (nSPS) is 27.0.